The van der Waals surface area contributed by atoms with Crippen molar-refractivity contribution in [1.29, 1.82) is 0 Å². The zero-order chi connectivity index (χ0) is 13.7. The van der Waals surface area contributed by atoms with Crippen LogP contribution in [0.4, 0.5) is 8.78 Å². The lowest BCUT2D eigenvalue weighted by molar-refractivity contribution is -0.137. The molecule has 18 heavy (non-hydrogen) atoms. The summed E-state index contributed by atoms with van der Waals surface area (Å²) in [5.74, 6) is -3.67. The molecule has 0 bridgehead atoms. The Morgan fingerprint density at radius 3 is 2.56 bits per heavy atom. The maximum atomic E-state index is 13.6. The van der Waals surface area contributed by atoms with Gasteiger partial charge < -0.3 is 19.9 Å². The summed E-state index contributed by atoms with van der Waals surface area (Å²) in [6.45, 7) is -0.0736. The predicted octanol–water partition coefficient (Wildman–Crippen LogP) is -0.112. The molecule has 0 aliphatic rings. The Morgan fingerprint density at radius 2 is 2.00 bits per heavy atom. The quantitative estimate of drug-likeness (QED) is 0.490. The van der Waals surface area contributed by atoms with Crippen LogP contribution in [-0.4, -0.2) is 34.8 Å². The first kappa shape index (κ1) is 14.4. The van der Waals surface area contributed by atoms with Crippen molar-refractivity contribution >= 4 is 18.6 Å². The highest BCUT2D eigenvalue weighted by atomic mass is 19.1. The Kier molecular flexibility index (Phi) is 5.05. The first-order chi connectivity index (χ1) is 8.43. The van der Waals surface area contributed by atoms with E-state index in [9.17, 15) is 13.6 Å². The third-order valence-corrected chi connectivity index (χ3v) is 2.14. The zero-order valence-corrected chi connectivity index (χ0v) is 9.27. The average molecular weight is 260 g/mol. The van der Waals surface area contributed by atoms with Crippen LogP contribution in [0.5, 0.6) is 5.75 Å². The van der Waals surface area contributed by atoms with E-state index in [1.54, 1.807) is 0 Å². The van der Waals surface area contributed by atoms with E-state index in [-0.39, 0.29) is 25.2 Å². The van der Waals surface area contributed by atoms with E-state index in [4.69, 9.17) is 19.9 Å². The molecule has 0 fully saturated rings. The minimum Gasteiger partial charge on any atom is -0.491 e. The SMILES string of the molecule is O=C(O)CCCOc1ccc(F)c(B(O)O)c1F. The van der Waals surface area contributed by atoms with Crippen molar-refractivity contribution in [2.75, 3.05) is 6.61 Å². The summed E-state index contributed by atoms with van der Waals surface area (Å²) in [4.78, 5) is 10.2. The van der Waals surface area contributed by atoms with Crippen LogP contribution >= 0.6 is 0 Å². The summed E-state index contributed by atoms with van der Waals surface area (Å²) >= 11 is 0. The molecule has 0 heterocycles. The van der Waals surface area contributed by atoms with Crippen LogP contribution in [0.2, 0.25) is 0 Å². The summed E-state index contributed by atoms with van der Waals surface area (Å²) < 4.78 is 31.6. The lowest BCUT2D eigenvalue weighted by atomic mass is 9.79. The summed E-state index contributed by atoms with van der Waals surface area (Å²) in [6, 6.07) is 1.84. The van der Waals surface area contributed by atoms with Crippen molar-refractivity contribution in [2.24, 2.45) is 0 Å². The number of aliphatic carboxylic acids is 1. The number of halogens is 2. The maximum Gasteiger partial charge on any atom is 0.494 e. The van der Waals surface area contributed by atoms with Crippen LogP contribution in [0, 0.1) is 11.6 Å². The van der Waals surface area contributed by atoms with Crippen molar-refractivity contribution in [1.82, 2.24) is 0 Å². The van der Waals surface area contributed by atoms with Gasteiger partial charge in [0.2, 0.25) is 0 Å². The third kappa shape index (κ3) is 3.68. The molecule has 1 aromatic rings. The number of carbonyl (C=O) groups is 1. The molecule has 98 valence electrons. The molecule has 0 aromatic heterocycles. The molecule has 8 heteroatoms. The second kappa shape index (κ2) is 6.32. The van der Waals surface area contributed by atoms with Crippen molar-refractivity contribution in [3.05, 3.63) is 23.8 Å². The highest BCUT2D eigenvalue weighted by Crippen LogP contribution is 2.16. The number of carboxylic acid groups (broad SMARTS) is 1. The second-order valence-corrected chi connectivity index (χ2v) is 3.49. The van der Waals surface area contributed by atoms with Crippen molar-refractivity contribution in [3.63, 3.8) is 0 Å². The van der Waals surface area contributed by atoms with Crippen LogP contribution in [0.25, 0.3) is 0 Å². The summed E-state index contributed by atoms with van der Waals surface area (Å²) in [5, 5.41) is 26.0. The second-order valence-electron chi connectivity index (χ2n) is 3.49. The van der Waals surface area contributed by atoms with Crippen LogP contribution in [0.3, 0.4) is 0 Å². The third-order valence-electron chi connectivity index (χ3n) is 2.14. The fourth-order valence-electron chi connectivity index (χ4n) is 1.30. The van der Waals surface area contributed by atoms with Crippen molar-refractivity contribution in [2.45, 2.75) is 12.8 Å². The van der Waals surface area contributed by atoms with E-state index in [1.807, 2.05) is 0 Å². The number of ether oxygens (including phenoxy) is 1. The van der Waals surface area contributed by atoms with Gasteiger partial charge in [-0.2, -0.15) is 0 Å². The molecule has 0 aliphatic carbocycles. The minimum absolute atomic E-state index is 0.0736. The average Bonchev–Trinajstić information content (AvgIpc) is 2.26. The fraction of sp³-hybridized carbons (Fsp3) is 0.300. The largest absolute Gasteiger partial charge is 0.494 e. The van der Waals surface area contributed by atoms with Gasteiger partial charge in [0, 0.05) is 6.42 Å². The van der Waals surface area contributed by atoms with Gasteiger partial charge in [-0.25, -0.2) is 8.78 Å². The van der Waals surface area contributed by atoms with Crippen molar-refractivity contribution < 1.29 is 33.5 Å². The van der Waals surface area contributed by atoms with Crippen LogP contribution in [-0.2, 0) is 4.79 Å². The van der Waals surface area contributed by atoms with E-state index >= 15 is 0 Å². The lowest BCUT2D eigenvalue weighted by Gasteiger charge is -2.10. The van der Waals surface area contributed by atoms with Gasteiger partial charge >= 0.3 is 13.1 Å². The first-order valence-electron chi connectivity index (χ1n) is 5.12. The van der Waals surface area contributed by atoms with Gasteiger partial charge in [0.05, 0.1) is 12.1 Å². The Balaban J connectivity index is 2.72. The number of hydrogen-bond acceptors (Lipinski definition) is 4. The van der Waals surface area contributed by atoms with Gasteiger partial charge in [-0.15, -0.1) is 0 Å². The molecule has 0 atom stereocenters. The zero-order valence-electron chi connectivity index (χ0n) is 9.27. The van der Waals surface area contributed by atoms with Crippen LogP contribution in [0.15, 0.2) is 12.1 Å². The van der Waals surface area contributed by atoms with Gasteiger partial charge in [0.15, 0.2) is 11.6 Å². The predicted molar refractivity (Wildman–Crippen MR) is 58.5 cm³/mol. The fourth-order valence-corrected chi connectivity index (χ4v) is 1.30. The van der Waals surface area contributed by atoms with Gasteiger partial charge in [-0.3, -0.25) is 4.79 Å². The monoisotopic (exact) mass is 260 g/mol. The Morgan fingerprint density at radius 1 is 1.33 bits per heavy atom. The van der Waals surface area contributed by atoms with E-state index in [0.717, 1.165) is 12.1 Å². The van der Waals surface area contributed by atoms with Gasteiger partial charge in [0.1, 0.15) is 5.82 Å². The van der Waals surface area contributed by atoms with E-state index in [2.05, 4.69) is 0 Å². The molecule has 0 aliphatic heterocycles. The lowest BCUT2D eigenvalue weighted by Crippen LogP contribution is -2.36. The number of hydrogen-bond donors (Lipinski definition) is 3. The van der Waals surface area contributed by atoms with E-state index in [0.29, 0.717) is 0 Å². The molecule has 0 spiro atoms. The van der Waals surface area contributed by atoms with Crippen LogP contribution < -0.4 is 10.2 Å². The Hall–Kier alpha value is -1.67. The van der Waals surface area contributed by atoms with E-state index in [1.165, 1.54) is 0 Å². The highest BCUT2D eigenvalue weighted by molar-refractivity contribution is 6.58. The number of rotatable bonds is 6. The summed E-state index contributed by atoms with van der Waals surface area (Å²) in [5.41, 5.74) is -0.897. The molecule has 0 saturated heterocycles. The molecular weight excluding hydrogens is 249 g/mol. The minimum atomic E-state index is -2.28. The highest BCUT2D eigenvalue weighted by Gasteiger charge is 2.24. The van der Waals surface area contributed by atoms with Gasteiger partial charge in [0.25, 0.3) is 0 Å². The van der Waals surface area contributed by atoms with Gasteiger partial charge in [-0.1, -0.05) is 0 Å². The Bertz CT molecular complexity index is 439. The van der Waals surface area contributed by atoms with Crippen molar-refractivity contribution in [3.8, 4) is 5.75 Å². The maximum absolute atomic E-state index is 13.6. The topological polar surface area (TPSA) is 87.0 Å². The van der Waals surface area contributed by atoms with Gasteiger partial charge in [-0.05, 0) is 18.6 Å². The summed E-state index contributed by atoms with van der Waals surface area (Å²) in [6.07, 6.45) is 0.0153. The molecule has 0 saturated carbocycles. The smallest absolute Gasteiger partial charge is 0.491 e. The molecule has 1 rings (SSSR count). The summed E-state index contributed by atoms with van der Waals surface area (Å²) in [7, 11) is -2.28. The van der Waals surface area contributed by atoms with E-state index < -0.39 is 30.2 Å². The Labute approximate surface area is 102 Å². The number of benzene rings is 1. The number of carboxylic acids is 1. The molecule has 0 amide bonds. The molecule has 5 nitrogen and oxygen atoms in total. The molecule has 0 radical (unpaired) electrons. The van der Waals surface area contributed by atoms with Crippen LogP contribution in [0.1, 0.15) is 12.8 Å². The first-order valence-corrected chi connectivity index (χ1v) is 5.12. The molecular formula is C10H11BF2O5. The molecule has 0 unspecified atom stereocenters. The standard InChI is InChI=1S/C10H11BF2O5/c12-6-3-4-7(10(13)9(6)11(16)17)18-5-1-2-8(14)15/h3-4,16-17H,1-2,5H2,(H,14,15). The normalized spacial score (nSPS) is 10.2. The molecule has 3 N–H and O–H groups in total. The molecule has 1 aromatic carbocycles.